The van der Waals surface area contributed by atoms with E-state index in [1.807, 2.05) is 0 Å². The molecule has 1 saturated carbocycles. The molecule has 0 aromatic carbocycles. The minimum absolute atomic E-state index is 0.0247. The van der Waals surface area contributed by atoms with Crippen LogP contribution in [-0.4, -0.2) is 47.5 Å². The van der Waals surface area contributed by atoms with Crippen molar-refractivity contribution in [2.75, 3.05) is 12.3 Å². The van der Waals surface area contributed by atoms with E-state index in [2.05, 4.69) is 59.3 Å². The highest BCUT2D eigenvalue weighted by atomic mass is 32.9. The summed E-state index contributed by atoms with van der Waals surface area (Å²) in [5.41, 5.74) is 3.89. The smallest absolute Gasteiger partial charge is 0.351 e. The van der Waals surface area contributed by atoms with Gasteiger partial charge in [-0.05, 0) is 75.0 Å². The molecular weight excluding hydrogens is 545 g/mol. The van der Waals surface area contributed by atoms with Crippen LogP contribution in [0.25, 0.3) is 0 Å². The Bertz CT molecular complexity index is 1140. The average Bonchev–Trinajstić information content (AvgIpc) is 3.27. The van der Waals surface area contributed by atoms with Gasteiger partial charge < -0.3 is 23.9 Å². The Balaban J connectivity index is 1.50. The van der Waals surface area contributed by atoms with Crippen LogP contribution in [0.1, 0.15) is 66.5 Å². The van der Waals surface area contributed by atoms with Gasteiger partial charge in [-0.3, -0.25) is 4.57 Å². The lowest BCUT2D eigenvalue weighted by atomic mass is 9.77. The first kappa shape index (κ1) is 29.5. The Labute approximate surface area is 231 Å². The van der Waals surface area contributed by atoms with Crippen molar-refractivity contribution < 1.29 is 18.2 Å². The van der Waals surface area contributed by atoms with Gasteiger partial charge in [0.05, 0.1) is 18.8 Å². The predicted molar refractivity (Wildman–Crippen MR) is 157 cm³/mol. The maximum Gasteiger partial charge on any atom is 0.351 e. The number of anilines is 1. The molecule has 3 heterocycles. The molecule has 0 spiro atoms. The number of aromatic nitrogens is 2. The summed E-state index contributed by atoms with van der Waals surface area (Å²) < 4.78 is 27.5. The summed E-state index contributed by atoms with van der Waals surface area (Å²) in [4.78, 5) is 16.4. The molecule has 2 saturated heterocycles. The van der Waals surface area contributed by atoms with Gasteiger partial charge in [0.1, 0.15) is 18.1 Å². The molecule has 208 valence electrons. The van der Waals surface area contributed by atoms with Crippen LogP contribution in [-0.2, 0) is 30.0 Å². The van der Waals surface area contributed by atoms with Crippen molar-refractivity contribution in [3.63, 3.8) is 0 Å². The topological polar surface area (TPSA) is 97.8 Å². The van der Waals surface area contributed by atoms with E-state index in [0.29, 0.717) is 12.3 Å². The molecule has 37 heavy (non-hydrogen) atoms. The van der Waals surface area contributed by atoms with Crippen molar-refractivity contribution in [2.45, 2.75) is 108 Å². The second-order valence-electron chi connectivity index (χ2n) is 12.4. The monoisotopic (exact) mass is 587 g/mol. The first-order valence-electron chi connectivity index (χ1n) is 13.0. The van der Waals surface area contributed by atoms with E-state index in [0.717, 1.165) is 19.3 Å². The zero-order valence-corrected chi connectivity index (χ0v) is 26.6. The molecule has 0 amide bonds. The highest BCUT2D eigenvalue weighted by Gasteiger charge is 2.54. The van der Waals surface area contributed by atoms with Crippen molar-refractivity contribution in [3.05, 3.63) is 34.9 Å². The van der Waals surface area contributed by atoms with E-state index in [9.17, 15) is 4.79 Å². The van der Waals surface area contributed by atoms with Gasteiger partial charge in [-0.15, -0.1) is 0 Å². The Hall–Kier alpha value is -0.523. The lowest BCUT2D eigenvalue weighted by Crippen LogP contribution is -2.46. The minimum Gasteiger partial charge on any atom is -0.411 e. The van der Waals surface area contributed by atoms with Gasteiger partial charge in [0.15, 0.2) is 8.32 Å². The fourth-order valence-corrected chi connectivity index (χ4v) is 13.4. The van der Waals surface area contributed by atoms with Crippen LogP contribution in [0.4, 0.5) is 5.82 Å². The second-order valence-corrected chi connectivity index (χ2v) is 23.7. The van der Waals surface area contributed by atoms with Crippen molar-refractivity contribution >= 4 is 43.0 Å². The standard InChI is InChI=1S/C25H42N3O5PS2Si/c1-16(2)17-9-11-25(6)20(13-17)32-34(35,36-25)30-15-19-18(33-37(7,8)24(3,4)5)14-22(31-19)28-12-10-21(26)27-23(28)29/h10,12,17-20,22H,1,9,11,13-15H2,2-8H3,(H2,26,27,29)/t17-,18+,19-,20+,22-,25+,34?/m1/s1. The van der Waals surface area contributed by atoms with Crippen molar-refractivity contribution in [3.8, 4) is 0 Å². The molecule has 1 unspecified atom stereocenters. The molecule has 0 radical (unpaired) electrons. The summed E-state index contributed by atoms with van der Waals surface area (Å²) >= 11 is 7.70. The summed E-state index contributed by atoms with van der Waals surface area (Å²) in [7, 11) is -2.12. The molecule has 0 bridgehead atoms. The Morgan fingerprint density at radius 3 is 2.76 bits per heavy atom. The normalized spacial score (nSPS) is 36.5. The maximum absolute atomic E-state index is 12.5. The zero-order valence-electron chi connectivity index (χ0n) is 23.1. The zero-order chi connectivity index (χ0) is 27.4. The molecule has 3 aliphatic rings. The van der Waals surface area contributed by atoms with Crippen LogP contribution in [0.15, 0.2) is 29.2 Å². The first-order chi connectivity index (χ1) is 17.0. The summed E-state index contributed by atoms with van der Waals surface area (Å²) in [6, 6.07) is 1.60. The Kier molecular flexibility index (Phi) is 8.33. The van der Waals surface area contributed by atoms with Crippen molar-refractivity contribution in [1.29, 1.82) is 0 Å². The van der Waals surface area contributed by atoms with Gasteiger partial charge in [0.25, 0.3) is 0 Å². The number of nitrogen functional groups attached to an aromatic ring is 1. The van der Waals surface area contributed by atoms with E-state index in [-0.39, 0.29) is 40.5 Å². The highest BCUT2D eigenvalue weighted by molar-refractivity contribution is 8.68. The van der Waals surface area contributed by atoms with E-state index < -0.39 is 25.9 Å². The quantitative estimate of drug-likeness (QED) is 0.234. The van der Waals surface area contributed by atoms with Crippen LogP contribution in [0.3, 0.4) is 0 Å². The maximum atomic E-state index is 12.5. The van der Waals surface area contributed by atoms with Crippen molar-refractivity contribution in [2.24, 2.45) is 5.92 Å². The number of nitrogens with two attached hydrogens (primary N) is 1. The third-order valence-corrected chi connectivity index (χ3v) is 18.8. The number of hydrogen-bond donors (Lipinski definition) is 1. The fraction of sp³-hybridized carbons (Fsp3) is 0.760. The van der Waals surface area contributed by atoms with Crippen LogP contribution >= 0.6 is 17.1 Å². The molecule has 8 nitrogen and oxygen atoms in total. The first-order valence-corrected chi connectivity index (χ1v) is 20.0. The largest absolute Gasteiger partial charge is 0.411 e. The number of allylic oxidation sites excluding steroid dienone is 1. The van der Waals surface area contributed by atoms with E-state index >= 15 is 0 Å². The van der Waals surface area contributed by atoms with Crippen LogP contribution < -0.4 is 11.4 Å². The van der Waals surface area contributed by atoms with E-state index in [1.54, 1.807) is 23.6 Å². The fourth-order valence-electron chi connectivity index (χ4n) is 4.95. The van der Waals surface area contributed by atoms with E-state index in [1.165, 1.54) is 10.1 Å². The highest BCUT2D eigenvalue weighted by Crippen LogP contribution is 2.75. The third-order valence-electron chi connectivity index (χ3n) is 8.43. The predicted octanol–water partition coefficient (Wildman–Crippen LogP) is 6.01. The number of hydrogen-bond acceptors (Lipinski definition) is 9. The summed E-state index contributed by atoms with van der Waals surface area (Å²) in [5.74, 6) is 0.652. The lowest BCUT2D eigenvalue weighted by Gasteiger charge is -2.39. The van der Waals surface area contributed by atoms with Crippen molar-refractivity contribution in [1.82, 2.24) is 9.55 Å². The van der Waals surface area contributed by atoms with Gasteiger partial charge in [0, 0.05) is 17.4 Å². The average molecular weight is 588 g/mol. The number of ether oxygens (including phenoxy) is 1. The van der Waals surface area contributed by atoms with Gasteiger partial charge in [-0.2, -0.15) is 4.98 Å². The Morgan fingerprint density at radius 1 is 1.43 bits per heavy atom. The van der Waals surface area contributed by atoms with Gasteiger partial charge >= 0.3 is 5.69 Å². The van der Waals surface area contributed by atoms with E-state index in [4.69, 9.17) is 35.8 Å². The molecule has 1 aromatic rings. The van der Waals surface area contributed by atoms with Crippen LogP contribution in [0, 0.1) is 5.92 Å². The summed E-state index contributed by atoms with van der Waals surface area (Å²) in [5, 5.41) is 0.0247. The molecule has 4 rings (SSSR count). The van der Waals surface area contributed by atoms with Crippen LogP contribution in [0.2, 0.25) is 18.1 Å². The molecule has 3 fully saturated rings. The molecular formula is C25H42N3O5PS2Si. The van der Waals surface area contributed by atoms with Crippen LogP contribution in [0.5, 0.6) is 0 Å². The molecule has 7 atom stereocenters. The summed E-state index contributed by atoms with van der Waals surface area (Å²) in [6.45, 7) is 19.8. The third kappa shape index (κ3) is 6.29. The molecule has 1 aromatic heterocycles. The molecule has 2 N–H and O–H groups in total. The minimum atomic E-state index is -2.57. The molecule has 12 heteroatoms. The van der Waals surface area contributed by atoms with Gasteiger partial charge in [-0.1, -0.05) is 44.3 Å². The summed E-state index contributed by atoms with van der Waals surface area (Å²) in [6.07, 6.45) is 4.15. The number of fused-ring (bicyclic) bond motifs is 1. The van der Waals surface area contributed by atoms with Gasteiger partial charge in [0.2, 0.25) is 5.69 Å². The number of rotatable bonds is 7. The molecule has 2 aliphatic heterocycles. The number of nitrogens with zero attached hydrogens (tertiary/aromatic N) is 2. The lowest BCUT2D eigenvalue weighted by molar-refractivity contribution is -0.0395. The van der Waals surface area contributed by atoms with Gasteiger partial charge in [-0.25, -0.2) is 4.79 Å². The second kappa shape index (κ2) is 10.5. The SMILES string of the molecule is C=C(C)[C@@H]1CC[C@]2(C)SP(=S)(OC[C@H]3O[C@@H](n4ccc(N)nc4=O)C[C@@H]3O[Si](C)(C)C(C)(C)C)O[C@H]2C1. The Morgan fingerprint density at radius 2 is 2.14 bits per heavy atom. The molecule has 1 aliphatic carbocycles.